The Bertz CT molecular complexity index is 1080. The highest BCUT2D eigenvalue weighted by molar-refractivity contribution is 6.07. The van der Waals surface area contributed by atoms with Crippen LogP contribution in [0.5, 0.6) is 5.75 Å². The van der Waals surface area contributed by atoms with Crippen molar-refractivity contribution in [1.29, 1.82) is 0 Å². The summed E-state index contributed by atoms with van der Waals surface area (Å²) in [7, 11) is 0. The minimum atomic E-state index is -0.600. The SMILES string of the molecule is C/C(CC(=O)Nc1ccccc1F)=N\NC(=O)c1ccc2ccccc2c1O. The van der Waals surface area contributed by atoms with Crippen LogP contribution in [-0.2, 0) is 4.79 Å². The smallest absolute Gasteiger partial charge is 0.275 e. The maximum absolute atomic E-state index is 13.6. The number of carbonyl (C=O) groups is 2. The number of aromatic hydroxyl groups is 1. The van der Waals surface area contributed by atoms with E-state index in [2.05, 4.69) is 15.8 Å². The van der Waals surface area contributed by atoms with E-state index in [1.807, 2.05) is 12.1 Å². The molecule has 0 aliphatic carbocycles. The summed E-state index contributed by atoms with van der Waals surface area (Å²) in [6, 6.07) is 16.2. The summed E-state index contributed by atoms with van der Waals surface area (Å²) in [6.07, 6.45) is -0.127. The quantitative estimate of drug-likeness (QED) is 0.465. The lowest BCUT2D eigenvalue weighted by Crippen LogP contribution is -2.21. The molecule has 0 unspecified atom stereocenters. The summed E-state index contributed by atoms with van der Waals surface area (Å²) in [5, 5.41) is 18.0. The number of phenols is 1. The number of nitrogens with zero attached hydrogens (tertiary/aromatic N) is 1. The number of hydrogen-bond donors (Lipinski definition) is 3. The molecule has 3 N–H and O–H groups in total. The molecular formula is C21H18FN3O3. The van der Waals surface area contributed by atoms with Crippen LogP contribution in [0.25, 0.3) is 10.8 Å². The Hall–Kier alpha value is -3.74. The van der Waals surface area contributed by atoms with Crippen molar-refractivity contribution in [1.82, 2.24) is 5.43 Å². The van der Waals surface area contributed by atoms with Crippen LogP contribution in [0.2, 0.25) is 0 Å². The van der Waals surface area contributed by atoms with Crippen molar-refractivity contribution in [3.63, 3.8) is 0 Å². The van der Waals surface area contributed by atoms with Crippen molar-refractivity contribution in [2.24, 2.45) is 5.10 Å². The minimum Gasteiger partial charge on any atom is -0.506 e. The minimum absolute atomic E-state index is 0.0745. The number of rotatable bonds is 5. The summed E-state index contributed by atoms with van der Waals surface area (Å²) in [6.45, 7) is 1.56. The molecule has 0 saturated carbocycles. The number of hydrazone groups is 1. The van der Waals surface area contributed by atoms with Gasteiger partial charge in [-0.05, 0) is 30.5 Å². The lowest BCUT2D eigenvalue weighted by molar-refractivity contribution is -0.115. The Morgan fingerprint density at radius 3 is 2.54 bits per heavy atom. The molecule has 2 amide bonds. The highest BCUT2D eigenvalue weighted by atomic mass is 19.1. The fraction of sp³-hybridized carbons (Fsp3) is 0.0952. The third kappa shape index (κ3) is 4.32. The van der Waals surface area contributed by atoms with Gasteiger partial charge in [-0.25, -0.2) is 9.82 Å². The molecule has 0 bridgehead atoms. The lowest BCUT2D eigenvalue weighted by Gasteiger charge is -2.08. The lowest BCUT2D eigenvalue weighted by atomic mass is 10.1. The van der Waals surface area contributed by atoms with Crippen LogP contribution in [0.4, 0.5) is 10.1 Å². The molecule has 3 rings (SSSR count). The van der Waals surface area contributed by atoms with E-state index in [4.69, 9.17) is 0 Å². The molecule has 3 aromatic rings. The monoisotopic (exact) mass is 379 g/mol. The number of phenolic OH excluding ortho intramolecular Hbond substituents is 1. The molecule has 0 saturated heterocycles. The molecule has 0 radical (unpaired) electrons. The second-order valence-corrected chi connectivity index (χ2v) is 6.18. The van der Waals surface area contributed by atoms with Gasteiger partial charge in [-0.1, -0.05) is 42.5 Å². The number of amides is 2. The van der Waals surface area contributed by atoms with E-state index < -0.39 is 17.6 Å². The molecule has 0 aliphatic rings. The zero-order valence-electron chi connectivity index (χ0n) is 15.1. The fourth-order valence-electron chi connectivity index (χ4n) is 2.67. The molecule has 0 aromatic heterocycles. The molecule has 7 heteroatoms. The van der Waals surface area contributed by atoms with Crippen LogP contribution < -0.4 is 10.7 Å². The van der Waals surface area contributed by atoms with E-state index in [0.717, 1.165) is 5.39 Å². The van der Waals surface area contributed by atoms with E-state index >= 15 is 0 Å². The predicted octanol–water partition coefficient (Wildman–Crippen LogP) is 3.82. The number of para-hydroxylation sites is 1. The van der Waals surface area contributed by atoms with E-state index in [1.54, 1.807) is 31.2 Å². The highest BCUT2D eigenvalue weighted by Crippen LogP contribution is 2.28. The van der Waals surface area contributed by atoms with Crippen LogP contribution in [-0.4, -0.2) is 22.6 Å². The Balaban J connectivity index is 1.64. The molecule has 142 valence electrons. The third-order valence-electron chi connectivity index (χ3n) is 4.06. The molecule has 0 atom stereocenters. The maximum atomic E-state index is 13.6. The number of fused-ring (bicyclic) bond motifs is 1. The summed E-state index contributed by atoms with van der Waals surface area (Å²) >= 11 is 0. The first-order valence-corrected chi connectivity index (χ1v) is 8.54. The van der Waals surface area contributed by atoms with Gasteiger partial charge >= 0.3 is 0 Å². The largest absolute Gasteiger partial charge is 0.506 e. The van der Waals surface area contributed by atoms with Gasteiger partial charge in [-0.3, -0.25) is 9.59 Å². The van der Waals surface area contributed by atoms with Gasteiger partial charge in [-0.15, -0.1) is 0 Å². The van der Waals surface area contributed by atoms with Crippen LogP contribution in [0.3, 0.4) is 0 Å². The maximum Gasteiger partial charge on any atom is 0.275 e. The summed E-state index contributed by atoms with van der Waals surface area (Å²) in [5.41, 5.74) is 2.79. The topological polar surface area (TPSA) is 90.8 Å². The van der Waals surface area contributed by atoms with Gasteiger partial charge in [0, 0.05) is 11.1 Å². The van der Waals surface area contributed by atoms with Crippen LogP contribution in [0.15, 0.2) is 65.8 Å². The standard InChI is InChI=1S/C21H18FN3O3/c1-13(12-19(26)23-18-9-5-4-8-17(18)22)24-25-21(28)16-11-10-14-6-2-3-7-15(14)20(16)27/h2-11,27H,12H2,1H3,(H,23,26)(H,25,28)/b24-13+. The molecule has 6 nitrogen and oxygen atoms in total. The second kappa shape index (κ2) is 8.30. The molecule has 0 fully saturated rings. The Labute approximate surface area is 160 Å². The predicted molar refractivity (Wildman–Crippen MR) is 106 cm³/mol. The van der Waals surface area contributed by atoms with Crippen LogP contribution >= 0.6 is 0 Å². The van der Waals surface area contributed by atoms with Gasteiger partial charge in [0.05, 0.1) is 17.7 Å². The highest BCUT2D eigenvalue weighted by Gasteiger charge is 2.14. The average molecular weight is 379 g/mol. The van der Waals surface area contributed by atoms with Crippen LogP contribution in [0, 0.1) is 5.82 Å². The number of nitrogens with one attached hydrogen (secondary N) is 2. The number of anilines is 1. The Morgan fingerprint density at radius 2 is 1.75 bits per heavy atom. The number of carbonyl (C=O) groups excluding carboxylic acids is 2. The van der Waals surface area contributed by atoms with Gasteiger partial charge < -0.3 is 10.4 Å². The van der Waals surface area contributed by atoms with Gasteiger partial charge in [0.1, 0.15) is 11.6 Å². The first kappa shape index (κ1) is 19.0. The first-order chi connectivity index (χ1) is 13.5. The zero-order chi connectivity index (χ0) is 20.1. The summed E-state index contributed by atoms with van der Waals surface area (Å²) < 4.78 is 13.6. The summed E-state index contributed by atoms with van der Waals surface area (Å²) in [4.78, 5) is 24.3. The van der Waals surface area contributed by atoms with Gasteiger partial charge in [0.2, 0.25) is 5.91 Å². The zero-order valence-corrected chi connectivity index (χ0v) is 15.1. The van der Waals surface area contributed by atoms with Gasteiger partial charge in [-0.2, -0.15) is 5.10 Å². The number of hydrogen-bond acceptors (Lipinski definition) is 4. The molecule has 0 aliphatic heterocycles. The van der Waals surface area contributed by atoms with Crippen molar-refractivity contribution >= 4 is 34.0 Å². The van der Waals surface area contributed by atoms with E-state index in [9.17, 15) is 19.1 Å². The van der Waals surface area contributed by atoms with E-state index in [-0.39, 0.29) is 23.4 Å². The summed E-state index contributed by atoms with van der Waals surface area (Å²) in [5.74, 6) is -1.74. The molecular weight excluding hydrogens is 361 g/mol. The van der Waals surface area contributed by atoms with Crippen molar-refractivity contribution in [2.75, 3.05) is 5.32 Å². The number of benzene rings is 3. The van der Waals surface area contributed by atoms with Crippen molar-refractivity contribution in [2.45, 2.75) is 13.3 Å². The van der Waals surface area contributed by atoms with Crippen molar-refractivity contribution < 1.29 is 19.1 Å². The second-order valence-electron chi connectivity index (χ2n) is 6.18. The number of halogens is 1. The van der Waals surface area contributed by atoms with Gasteiger partial charge in [0.15, 0.2) is 0 Å². The Kier molecular flexibility index (Phi) is 5.64. The molecule has 3 aromatic carbocycles. The fourth-order valence-corrected chi connectivity index (χ4v) is 2.67. The Morgan fingerprint density at radius 1 is 1.04 bits per heavy atom. The van der Waals surface area contributed by atoms with Crippen molar-refractivity contribution in [3.8, 4) is 5.75 Å². The van der Waals surface area contributed by atoms with Crippen molar-refractivity contribution in [3.05, 3.63) is 72.0 Å². The van der Waals surface area contributed by atoms with Gasteiger partial charge in [0.25, 0.3) is 5.91 Å². The van der Waals surface area contributed by atoms with E-state index in [0.29, 0.717) is 11.1 Å². The van der Waals surface area contributed by atoms with Crippen LogP contribution in [0.1, 0.15) is 23.7 Å². The molecule has 0 heterocycles. The normalized spacial score (nSPS) is 11.3. The molecule has 28 heavy (non-hydrogen) atoms. The first-order valence-electron chi connectivity index (χ1n) is 8.54. The third-order valence-corrected chi connectivity index (χ3v) is 4.06. The van der Waals surface area contributed by atoms with E-state index in [1.165, 1.54) is 24.3 Å². The average Bonchev–Trinajstić information content (AvgIpc) is 2.68. The molecule has 0 spiro atoms.